The number of nitrogens with one attached hydrogen (secondary N) is 1. The molecule has 0 radical (unpaired) electrons. The van der Waals surface area contributed by atoms with E-state index in [4.69, 9.17) is 4.74 Å². The van der Waals surface area contributed by atoms with Crippen molar-refractivity contribution in [1.82, 2.24) is 9.88 Å². The van der Waals surface area contributed by atoms with Gasteiger partial charge in [-0.15, -0.1) is 0 Å². The summed E-state index contributed by atoms with van der Waals surface area (Å²) in [6, 6.07) is 3.58. The molecule has 1 aromatic heterocycles. The second kappa shape index (κ2) is 6.45. The SMILES string of the molecule is CN(C)Cc1nc(NC(=O)OC(C)(C)C)ccc1C1(O)CCC1. The minimum atomic E-state index is -0.775. The molecule has 0 bridgehead atoms. The van der Waals surface area contributed by atoms with Crippen LogP contribution < -0.4 is 5.32 Å². The lowest BCUT2D eigenvalue weighted by Gasteiger charge is -2.38. The van der Waals surface area contributed by atoms with Crippen molar-refractivity contribution < 1.29 is 14.6 Å². The topological polar surface area (TPSA) is 74.7 Å². The van der Waals surface area contributed by atoms with E-state index < -0.39 is 17.3 Å². The summed E-state index contributed by atoms with van der Waals surface area (Å²) in [6.07, 6.45) is 2.01. The van der Waals surface area contributed by atoms with Crippen molar-refractivity contribution in [2.45, 2.75) is 57.8 Å². The summed E-state index contributed by atoms with van der Waals surface area (Å²) in [7, 11) is 3.90. The second-order valence-corrected chi connectivity index (χ2v) is 7.44. The van der Waals surface area contributed by atoms with Crippen molar-refractivity contribution in [3.05, 3.63) is 23.4 Å². The van der Waals surface area contributed by atoms with Gasteiger partial charge in [0.2, 0.25) is 0 Å². The summed E-state index contributed by atoms with van der Waals surface area (Å²) in [4.78, 5) is 18.4. The Bertz CT molecular complexity index is 575. The Labute approximate surface area is 137 Å². The van der Waals surface area contributed by atoms with Crippen LogP contribution in [0.4, 0.5) is 10.6 Å². The van der Waals surface area contributed by atoms with Crippen LogP contribution in [0.25, 0.3) is 0 Å². The van der Waals surface area contributed by atoms with Gasteiger partial charge in [-0.05, 0) is 60.2 Å². The van der Waals surface area contributed by atoms with Gasteiger partial charge in [0.15, 0.2) is 0 Å². The molecule has 128 valence electrons. The Morgan fingerprint density at radius 2 is 2.04 bits per heavy atom. The molecule has 23 heavy (non-hydrogen) atoms. The first-order valence-corrected chi connectivity index (χ1v) is 7.97. The molecule has 2 rings (SSSR count). The van der Waals surface area contributed by atoms with Crippen molar-refractivity contribution in [2.75, 3.05) is 19.4 Å². The lowest BCUT2D eigenvalue weighted by Crippen LogP contribution is -2.36. The third-order valence-corrected chi connectivity index (χ3v) is 3.75. The molecular formula is C17H27N3O3. The number of aromatic nitrogens is 1. The molecule has 0 aromatic carbocycles. The van der Waals surface area contributed by atoms with Crippen LogP contribution in [0, 0.1) is 0 Å². The van der Waals surface area contributed by atoms with E-state index in [9.17, 15) is 9.90 Å². The van der Waals surface area contributed by atoms with E-state index in [0.717, 1.165) is 30.5 Å². The fourth-order valence-corrected chi connectivity index (χ4v) is 2.60. The Morgan fingerprint density at radius 1 is 1.39 bits per heavy atom. The van der Waals surface area contributed by atoms with Gasteiger partial charge in [-0.25, -0.2) is 9.78 Å². The van der Waals surface area contributed by atoms with Crippen LogP contribution >= 0.6 is 0 Å². The van der Waals surface area contributed by atoms with Crippen molar-refractivity contribution in [2.24, 2.45) is 0 Å². The first-order valence-electron chi connectivity index (χ1n) is 7.97. The molecule has 1 aromatic rings. The molecule has 6 heteroatoms. The number of rotatable bonds is 4. The van der Waals surface area contributed by atoms with Crippen LogP contribution in [0.1, 0.15) is 51.3 Å². The van der Waals surface area contributed by atoms with E-state index in [1.54, 1.807) is 6.07 Å². The highest BCUT2D eigenvalue weighted by Gasteiger charge is 2.38. The number of aliphatic hydroxyl groups is 1. The Kier molecular flexibility index (Phi) is 4.96. The summed E-state index contributed by atoms with van der Waals surface area (Å²) in [5.74, 6) is 0.433. The Balaban J connectivity index is 2.21. The van der Waals surface area contributed by atoms with E-state index in [2.05, 4.69) is 10.3 Å². The summed E-state index contributed by atoms with van der Waals surface area (Å²) in [5.41, 5.74) is 0.304. The minimum Gasteiger partial charge on any atom is -0.444 e. The van der Waals surface area contributed by atoms with Gasteiger partial charge in [-0.1, -0.05) is 6.07 Å². The van der Waals surface area contributed by atoms with Gasteiger partial charge in [0, 0.05) is 12.1 Å². The molecule has 1 saturated carbocycles. The van der Waals surface area contributed by atoms with Crippen molar-refractivity contribution in [3.63, 3.8) is 0 Å². The Hall–Kier alpha value is -1.66. The molecule has 1 fully saturated rings. The predicted octanol–water partition coefficient (Wildman–Crippen LogP) is 2.86. The third-order valence-electron chi connectivity index (χ3n) is 3.75. The maximum atomic E-state index is 11.9. The average molecular weight is 321 g/mol. The van der Waals surface area contributed by atoms with Gasteiger partial charge in [0.1, 0.15) is 11.4 Å². The molecule has 1 aliphatic carbocycles. The zero-order chi connectivity index (χ0) is 17.3. The monoisotopic (exact) mass is 321 g/mol. The number of carbonyl (C=O) groups excluding carboxylic acids is 1. The fraction of sp³-hybridized carbons (Fsp3) is 0.647. The number of carbonyl (C=O) groups is 1. The molecule has 1 aliphatic rings. The third kappa shape index (κ3) is 4.65. The highest BCUT2D eigenvalue weighted by atomic mass is 16.6. The number of amides is 1. The summed E-state index contributed by atoms with van der Waals surface area (Å²) in [6.45, 7) is 6.04. The molecule has 0 spiro atoms. The van der Waals surface area contributed by atoms with Gasteiger partial charge in [0.25, 0.3) is 0 Å². The lowest BCUT2D eigenvalue weighted by molar-refractivity contribution is -0.0401. The number of pyridine rings is 1. The molecule has 1 heterocycles. The van der Waals surface area contributed by atoms with Crippen LogP contribution in [0.2, 0.25) is 0 Å². The standard InChI is InChI=1S/C17H27N3O3/c1-16(2,3)23-15(21)19-14-8-7-12(17(22)9-6-10-17)13(18-14)11-20(4)5/h7-8,22H,6,9-11H2,1-5H3,(H,18,19,21). The number of hydrogen-bond donors (Lipinski definition) is 2. The second-order valence-electron chi connectivity index (χ2n) is 7.44. The molecule has 1 amide bonds. The highest BCUT2D eigenvalue weighted by Crippen LogP contribution is 2.42. The smallest absolute Gasteiger partial charge is 0.413 e. The molecule has 0 unspecified atom stereocenters. The van der Waals surface area contributed by atoms with E-state index in [1.165, 1.54) is 0 Å². The van der Waals surface area contributed by atoms with Gasteiger partial charge in [-0.2, -0.15) is 0 Å². The fourth-order valence-electron chi connectivity index (χ4n) is 2.60. The number of ether oxygens (including phenoxy) is 1. The average Bonchev–Trinajstić information content (AvgIpc) is 2.33. The molecule has 6 nitrogen and oxygen atoms in total. The number of hydrogen-bond acceptors (Lipinski definition) is 5. The van der Waals surface area contributed by atoms with E-state index in [0.29, 0.717) is 12.4 Å². The van der Waals surface area contributed by atoms with Crippen molar-refractivity contribution in [3.8, 4) is 0 Å². The van der Waals surface area contributed by atoms with Crippen molar-refractivity contribution in [1.29, 1.82) is 0 Å². The summed E-state index contributed by atoms with van der Waals surface area (Å²) < 4.78 is 5.24. The van der Waals surface area contributed by atoms with Gasteiger partial charge < -0.3 is 14.7 Å². The van der Waals surface area contributed by atoms with Crippen LogP contribution in [0.3, 0.4) is 0 Å². The summed E-state index contributed by atoms with van der Waals surface area (Å²) >= 11 is 0. The highest BCUT2D eigenvalue weighted by molar-refractivity contribution is 5.83. The molecule has 0 aliphatic heterocycles. The first-order chi connectivity index (χ1) is 10.6. The first kappa shape index (κ1) is 17.7. The van der Waals surface area contributed by atoms with Crippen molar-refractivity contribution >= 4 is 11.9 Å². The van der Waals surface area contributed by atoms with Crippen LogP contribution in [-0.4, -0.2) is 40.8 Å². The number of anilines is 1. The molecule has 2 N–H and O–H groups in total. The molecule has 0 saturated heterocycles. The quantitative estimate of drug-likeness (QED) is 0.892. The molecule has 0 atom stereocenters. The van der Waals surface area contributed by atoms with Gasteiger partial charge in [0.05, 0.1) is 11.3 Å². The van der Waals surface area contributed by atoms with E-state index in [-0.39, 0.29) is 0 Å². The van der Waals surface area contributed by atoms with Gasteiger partial charge in [-0.3, -0.25) is 5.32 Å². The maximum Gasteiger partial charge on any atom is 0.413 e. The maximum absolute atomic E-state index is 11.9. The minimum absolute atomic E-state index is 0.433. The van der Waals surface area contributed by atoms with Crippen LogP contribution in [-0.2, 0) is 16.9 Å². The lowest BCUT2D eigenvalue weighted by atomic mass is 9.74. The Morgan fingerprint density at radius 3 is 2.52 bits per heavy atom. The number of nitrogens with zero attached hydrogens (tertiary/aromatic N) is 2. The van der Waals surface area contributed by atoms with Crippen LogP contribution in [0.15, 0.2) is 12.1 Å². The summed E-state index contributed by atoms with van der Waals surface area (Å²) in [5, 5.41) is 13.3. The largest absolute Gasteiger partial charge is 0.444 e. The van der Waals surface area contributed by atoms with E-state index in [1.807, 2.05) is 45.8 Å². The zero-order valence-corrected chi connectivity index (χ0v) is 14.6. The zero-order valence-electron chi connectivity index (χ0n) is 14.6. The normalized spacial score (nSPS) is 16.8. The predicted molar refractivity (Wildman–Crippen MR) is 89.2 cm³/mol. The van der Waals surface area contributed by atoms with E-state index >= 15 is 0 Å². The van der Waals surface area contributed by atoms with Crippen LogP contribution in [0.5, 0.6) is 0 Å². The molecular weight excluding hydrogens is 294 g/mol. The van der Waals surface area contributed by atoms with Gasteiger partial charge >= 0.3 is 6.09 Å².